The highest BCUT2D eigenvalue weighted by Gasteiger charge is 2.16. The summed E-state index contributed by atoms with van der Waals surface area (Å²) >= 11 is 6.25. The third-order valence-electron chi connectivity index (χ3n) is 3.20. The average molecular weight is 290 g/mol. The summed E-state index contributed by atoms with van der Waals surface area (Å²) in [6.07, 6.45) is 3.78. The third-order valence-corrected chi connectivity index (χ3v) is 3.39. The molecule has 104 valence electrons. The normalized spacial score (nSPS) is 13.0. The van der Waals surface area contributed by atoms with Gasteiger partial charge in [-0.3, -0.25) is 4.68 Å². The van der Waals surface area contributed by atoms with Gasteiger partial charge in [0.15, 0.2) is 5.65 Å². The summed E-state index contributed by atoms with van der Waals surface area (Å²) in [5.41, 5.74) is 3.79. The van der Waals surface area contributed by atoms with Crippen molar-refractivity contribution in [3.63, 3.8) is 0 Å². The Labute approximate surface area is 122 Å². The van der Waals surface area contributed by atoms with Gasteiger partial charge < -0.3 is 4.57 Å². The number of halogens is 1. The Balaban J connectivity index is 2.13. The van der Waals surface area contributed by atoms with Gasteiger partial charge in [0, 0.05) is 19.4 Å². The zero-order valence-electron chi connectivity index (χ0n) is 11.7. The first-order valence-electron chi connectivity index (χ1n) is 6.50. The highest BCUT2D eigenvalue weighted by Crippen LogP contribution is 2.24. The Bertz CT molecular complexity index is 756. The van der Waals surface area contributed by atoms with E-state index in [9.17, 15) is 0 Å². The van der Waals surface area contributed by atoms with E-state index < -0.39 is 0 Å². The Morgan fingerprint density at radius 2 is 2.20 bits per heavy atom. The van der Waals surface area contributed by atoms with Crippen molar-refractivity contribution >= 4 is 22.8 Å². The number of pyridine rings is 1. The van der Waals surface area contributed by atoms with Crippen LogP contribution in [0.25, 0.3) is 11.2 Å². The minimum Gasteiger partial charge on any atom is -0.305 e. The molecule has 20 heavy (non-hydrogen) atoms. The summed E-state index contributed by atoms with van der Waals surface area (Å²) in [4.78, 5) is 9.10. The Morgan fingerprint density at radius 1 is 1.40 bits per heavy atom. The van der Waals surface area contributed by atoms with E-state index in [0.717, 1.165) is 28.2 Å². The number of imidazole rings is 1. The Hall–Kier alpha value is -1.88. The van der Waals surface area contributed by atoms with Crippen molar-refractivity contribution in [2.75, 3.05) is 0 Å². The average Bonchev–Trinajstić information content (AvgIpc) is 2.94. The molecule has 0 aliphatic heterocycles. The molecule has 0 saturated carbocycles. The Morgan fingerprint density at radius 3 is 2.85 bits per heavy atom. The first-order valence-corrected chi connectivity index (χ1v) is 6.93. The van der Waals surface area contributed by atoms with Crippen LogP contribution in [0.5, 0.6) is 0 Å². The van der Waals surface area contributed by atoms with Crippen LogP contribution in [0.3, 0.4) is 0 Å². The lowest BCUT2D eigenvalue weighted by molar-refractivity contribution is 0.686. The minimum atomic E-state index is -0.173. The lowest BCUT2D eigenvalue weighted by atomic mass is 10.3. The lowest BCUT2D eigenvalue weighted by Crippen LogP contribution is -2.07. The van der Waals surface area contributed by atoms with Crippen molar-refractivity contribution in [2.24, 2.45) is 7.05 Å². The van der Waals surface area contributed by atoms with Crippen LogP contribution in [0.1, 0.15) is 29.4 Å². The van der Waals surface area contributed by atoms with Gasteiger partial charge in [0.1, 0.15) is 11.3 Å². The van der Waals surface area contributed by atoms with Crippen LogP contribution in [0.4, 0.5) is 0 Å². The summed E-state index contributed by atoms with van der Waals surface area (Å²) in [6, 6.07) is 4.02. The molecule has 3 aromatic rings. The molecule has 5 nitrogen and oxygen atoms in total. The zero-order valence-corrected chi connectivity index (χ0v) is 12.5. The monoisotopic (exact) mass is 289 g/mol. The maximum Gasteiger partial charge on any atom is 0.160 e. The molecule has 0 fully saturated rings. The van der Waals surface area contributed by atoms with Crippen LogP contribution in [0.15, 0.2) is 24.5 Å². The molecule has 0 aromatic carbocycles. The fourth-order valence-electron chi connectivity index (χ4n) is 2.30. The highest BCUT2D eigenvalue weighted by molar-refractivity contribution is 6.20. The number of nitrogens with zero attached hydrogens (tertiary/aromatic N) is 5. The molecule has 0 radical (unpaired) electrons. The number of fused-ring (bicyclic) bond motifs is 1. The topological polar surface area (TPSA) is 48.5 Å². The van der Waals surface area contributed by atoms with Gasteiger partial charge in [-0.25, -0.2) is 9.97 Å². The summed E-state index contributed by atoms with van der Waals surface area (Å²) in [5.74, 6) is 0.824. The van der Waals surface area contributed by atoms with Gasteiger partial charge in [-0.05, 0) is 31.5 Å². The standard InChI is InChI=1S/C14H16ClN5/c1-9-6-12-14(16-7-9)20(13(17-12)10(2)15)8-11-4-5-19(3)18-11/h4-7,10H,8H2,1-3H3. The van der Waals surface area contributed by atoms with Crippen LogP contribution in [-0.2, 0) is 13.6 Å². The molecule has 0 spiro atoms. The van der Waals surface area contributed by atoms with E-state index in [1.54, 1.807) is 4.68 Å². The van der Waals surface area contributed by atoms with Gasteiger partial charge in [0.2, 0.25) is 0 Å². The predicted octanol–water partition coefficient (Wildman–Crippen LogP) is 2.82. The van der Waals surface area contributed by atoms with Crippen LogP contribution in [0.2, 0.25) is 0 Å². The lowest BCUT2D eigenvalue weighted by Gasteiger charge is -2.08. The van der Waals surface area contributed by atoms with E-state index in [-0.39, 0.29) is 5.38 Å². The molecule has 6 heteroatoms. The summed E-state index contributed by atoms with van der Waals surface area (Å²) < 4.78 is 3.82. The molecule has 1 unspecified atom stereocenters. The number of alkyl halides is 1. The molecular weight excluding hydrogens is 274 g/mol. The highest BCUT2D eigenvalue weighted by atomic mass is 35.5. The molecule has 0 aliphatic carbocycles. The van der Waals surface area contributed by atoms with E-state index in [2.05, 4.69) is 15.1 Å². The number of hydrogen-bond donors (Lipinski definition) is 0. The van der Waals surface area contributed by atoms with Crippen LogP contribution in [0, 0.1) is 6.92 Å². The number of aryl methyl sites for hydroxylation is 2. The second-order valence-corrected chi connectivity index (χ2v) is 5.66. The second kappa shape index (κ2) is 4.90. The van der Waals surface area contributed by atoms with Crippen molar-refractivity contribution in [3.8, 4) is 0 Å². The van der Waals surface area contributed by atoms with Crippen molar-refractivity contribution in [3.05, 3.63) is 41.6 Å². The second-order valence-electron chi connectivity index (χ2n) is 5.01. The van der Waals surface area contributed by atoms with E-state index in [1.165, 1.54) is 0 Å². The zero-order chi connectivity index (χ0) is 14.3. The molecule has 0 aliphatic rings. The van der Waals surface area contributed by atoms with Gasteiger partial charge in [-0.2, -0.15) is 5.10 Å². The molecule has 0 bridgehead atoms. The van der Waals surface area contributed by atoms with E-state index >= 15 is 0 Å². The van der Waals surface area contributed by atoms with Crippen molar-refractivity contribution < 1.29 is 0 Å². The Kier molecular flexibility index (Phi) is 3.22. The smallest absolute Gasteiger partial charge is 0.160 e. The molecule has 0 amide bonds. The molecule has 0 N–H and O–H groups in total. The maximum atomic E-state index is 6.25. The largest absolute Gasteiger partial charge is 0.305 e. The van der Waals surface area contributed by atoms with Crippen LogP contribution < -0.4 is 0 Å². The first kappa shape index (κ1) is 13.1. The van der Waals surface area contributed by atoms with Crippen molar-refractivity contribution in [1.29, 1.82) is 0 Å². The molecular formula is C14H16ClN5. The molecule has 3 aromatic heterocycles. The number of rotatable bonds is 3. The predicted molar refractivity (Wildman–Crippen MR) is 78.8 cm³/mol. The van der Waals surface area contributed by atoms with Crippen LogP contribution in [-0.4, -0.2) is 24.3 Å². The maximum absolute atomic E-state index is 6.25. The third kappa shape index (κ3) is 2.29. The van der Waals surface area contributed by atoms with Crippen LogP contribution >= 0.6 is 11.6 Å². The summed E-state index contributed by atoms with van der Waals surface area (Å²) in [6.45, 7) is 4.55. The van der Waals surface area contributed by atoms with Crippen molar-refractivity contribution in [2.45, 2.75) is 25.8 Å². The van der Waals surface area contributed by atoms with Gasteiger partial charge in [0.05, 0.1) is 17.6 Å². The first-order chi connectivity index (χ1) is 9.54. The molecule has 1 atom stereocenters. The molecule has 3 heterocycles. The molecule has 3 rings (SSSR count). The van der Waals surface area contributed by atoms with E-state index in [1.807, 2.05) is 50.0 Å². The van der Waals surface area contributed by atoms with Gasteiger partial charge in [-0.15, -0.1) is 11.6 Å². The quantitative estimate of drug-likeness (QED) is 0.697. The number of aromatic nitrogens is 5. The minimum absolute atomic E-state index is 0.173. The summed E-state index contributed by atoms with van der Waals surface area (Å²) in [5, 5.41) is 4.23. The number of hydrogen-bond acceptors (Lipinski definition) is 3. The van der Waals surface area contributed by atoms with E-state index in [4.69, 9.17) is 11.6 Å². The van der Waals surface area contributed by atoms with Gasteiger partial charge >= 0.3 is 0 Å². The summed E-state index contributed by atoms with van der Waals surface area (Å²) in [7, 11) is 1.90. The van der Waals surface area contributed by atoms with Gasteiger partial charge in [-0.1, -0.05) is 0 Å². The molecule has 0 saturated heterocycles. The van der Waals surface area contributed by atoms with E-state index in [0.29, 0.717) is 6.54 Å². The fourth-order valence-corrected chi connectivity index (χ4v) is 2.46. The fraction of sp³-hybridized carbons (Fsp3) is 0.357. The van der Waals surface area contributed by atoms with Crippen molar-refractivity contribution in [1.82, 2.24) is 24.3 Å². The SMILES string of the molecule is Cc1cnc2c(c1)nc(C(C)Cl)n2Cc1ccn(C)n1. The van der Waals surface area contributed by atoms with Gasteiger partial charge in [0.25, 0.3) is 0 Å².